The van der Waals surface area contributed by atoms with Crippen molar-refractivity contribution < 1.29 is 19.8 Å². The summed E-state index contributed by atoms with van der Waals surface area (Å²) in [7, 11) is 0. The lowest BCUT2D eigenvalue weighted by Gasteiger charge is -1.93. The summed E-state index contributed by atoms with van der Waals surface area (Å²) in [6.45, 7) is 0. The van der Waals surface area contributed by atoms with Crippen molar-refractivity contribution in [2.45, 2.75) is 6.42 Å². The highest BCUT2D eigenvalue weighted by Gasteiger charge is 2.09. The molecule has 0 amide bonds. The maximum Gasteiger partial charge on any atom is 0.332 e. The van der Waals surface area contributed by atoms with E-state index in [4.69, 9.17) is 10.2 Å². The Kier molecular flexibility index (Phi) is 3.71. The summed E-state index contributed by atoms with van der Waals surface area (Å²) in [6.07, 6.45) is -0.472. The molecule has 5 heteroatoms. The van der Waals surface area contributed by atoms with Gasteiger partial charge in [0.2, 0.25) is 0 Å². The van der Waals surface area contributed by atoms with Crippen molar-refractivity contribution in [1.29, 1.82) is 0 Å². The van der Waals surface area contributed by atoms with Crippen LogP contribution in [-0.2, 0) is 9.59 Å². The second kappa shape index (κ2) is 4.05. The molecule has 0 aliphatic carbocycles. The quantitative estimate of drug-likeness (QED) is 0.674. The predicted octanol–water partition coefficient (Wildman–Crippen LogP) is 0.825. The van der Waals surface area contributed by atoms with E-state index in [0.717, 1.165) is 4.99 Å². The highest BCUT2D eigenvalue weighted by Crippen LogP contribution is 2.03. The minimum atomic E-state index is -1.22. The molecule has 0 atom stereocenters. The molecule has 0 rings (SSSR count). The fraction of sp³-hybridized carbons (Fsp3) is 0.200. The fourth-order valence-electron chi connectivity index (χ4n) is 0.324. The van der Waals surface area contributed by atoms with Gasteiger partial charge in [-0.05, 0) is 4.99 Å². The Morgan fingerprint density at radius 2 is 1.90 bits per heavy atom. The van der Waals surface area contributed by atoms with E-state index in [1.54, 1.807) is 0 Å². The van der Waals surface area contributed by atoms with Crippen molar-refractivity contribution in [3.63, 3.8) is 0 Å². The first-order valence-electron chi connectivity index (χ1n) is 2.32. The van der Waals surface area contributed by atoms with Crippen molar-refractivity contribution in [2.75, 3.05) is 0 Å². The molecule has 0 saturated heterocycles. The Morgan fingerprint density at radius 3 is 2.00 bits per heavy atom. The summed E-state index contributed by atoms with van der Waals surface area (Å²) < 4.78 is 0. The Morgan fingerprint density at radius 1 is 1.40 bits per heavy atom. The number of halogens is 1. The topological polar surface area (TPSA) is 74.6 Å². The minimum absolute atomic E-state index is 0.174. The molecule has 0 aromatic carbocycles. The van der Waals surface area contributed by atoms with Crippen LogP contribution in [0.2, 0.25) is 0 Å². The molecular weight excluding hydrogens is 204 g/mol. The second-order valence-corrected chi connectivity index (χ2v) is 1.97. The zero-order valence-electron chi connectivity index (χ0n) is 4.87. The van der Waals surface area contributed by atoms with Crippen LogP contribution in [0.25, 0.3) is 0 Å². The fourth-order valence-corrected chi connectivity index (χ4v) is 0.681. The molecule has 0 heterocycles. The first-order valence-corrected chi connectivity index (χ1v) is 3.24. The summed E-state index contributed by atoms with van der Waals surface area (Å²) in [5.74, 6) is -2.38. The van der Waals surface area contributed by atoms with Gasteiger partial charge in [0.05, 0.1) is 12.0 Å². The molecule has 0 unspecified atom stereocenters. The lowest BCUT2D eigenvalue weighted by molar-refractivity contribution is -0.139. The molecule has 4 nitrogen and oxygen atoms in total. The van der Waals surface area contributed by atoms with Gasteiger partial charge >= 0.3 is 11.9 Å². The highest BCUT2D eigenvalue weighted by molar-refractivity contribution is 9.11. The van der Waals surface area contributed by atoms with Crippen molar-refractivity contribution >= 4 is 27.9 Å². The highest BCUT2D eigenvalue weighted by atomic mass is 79.9. The Balaban J connectivity index is 4.12. The van der Waals surface area contributed by atoms with Gasteiger partial charge in [-0.25, -0.2) is 4.79 Å². The van der Waals surface area contributed by atoms with Gasteiger partial charge in [0.25, 0.3) is 0 Å². The summed E-state index contributed by atoms with van der Waals surface area (Å²) in [6, 6.07) is 0. The number of hydrogen-bond acceptors (Lipinski definition) is 2. The van der Waals surface area contributed by atoms with Gasteiger partial charge < -0.3 is 10.2 Å². The number of carboxylic acids is 2. The number of hydrogen-bond donors (Lipinski definition) is 2. The Labute approximate surface area is 65.3 Å². The van der Waals surface area contributed by atoms with Crippen LogP contribution in [0, 0.1) is 0 Å². The summed E-state index contributed by atoms with van der Waals surface area (Å²) >= 11 is 2.74. The van der Waals surface area contributed by atoms with E-state index in [1.807, 2.05) is 0 Å². The molecule has 0 spiro atoms. The van der Waals surface area contributed by atoms with E-state index < -0.39 is 18.4 Å². The van der Waals surface area contributed by atoms with Crippen LogP contribution < -0.4 is 0 Å². The third-order valence-corrected chi connectivity index (χ3v) is 1.30. The molecule has 0 aromatic heterocycles. The standard InChI is InChI=1S/C5H5BrO4/c6-2-3(5(9)10)1-4(7)8/h2H,1H2,(H,7,8)(H,9,10)/b3-2-. The molecule has 0 aliphatic heterocycles. The third kappa shape index (κ3) is 3.24. The zero-order valence-corrected chi connectivity index (χ0v) is 6.46. The summed E-state index contributed by atoms with van der Waals surface area (Å²) in [4.78, 5) is 21.1. The van der Waals surface area contributed by atoms with E-state index in [2.05, 4.69) is 15.9 Å². The molecule has 10 heavy (non-hydrogen) atoms. The first kappa shape index (κ1) is 9.16. The van der Waals surface area contributed by atoms with Crippen LogP contribution in [0.15, 0.2) is 10.6 Å². The third-order valence-electron chi connectivity index (χ3n) is 0.748. The van der Waals surface area contributed by atoms with Crippen molar-refractivity contribution in [1.82, 2.24) is 0 Å². The second-order valence-electron chi connectivity index (χ2n) is 1.51. The van der Waals surface area contributed by atoms with Crippen LogP contribution in [0.3, 0.4) is 0 Å². The SMILES string of the molecule is O=C(O)C/C(=C/Br)C(=O)O. The molecule has 56 valence electrons. The predicted molar refractivity (Wildman–Crippen MR) is 36.9 cm³/mol. The van der Waals surface area contributed by atoms with Crippen LogP contribution in [0.5, 0.6) is 0 Å². The van der Waals surface area contributed by atoms with Crippen LogP contribution in [0.4, 0.5) is 0 Å². The summed E-state index contributed by atoms with van der Waals surface area (Å²) in [5, 5.41) is 16.4. The van der Waals surface area contributed by atoms with Crippen LogP contribution in [-0.4, -0.2) is 22.2 Å². The van der Waals surface area contributed by atoms with Gasteiger partial charge in [-0.3, -0.25) is 4.79 Å². The minimum Gasteiger partial charge on any atom is -0.481 e. The van der Waals surface area contributed by atoms with E-state index in [-0.39, 0.29) is 5.57 Å². The molecule has 0 radical (unpaired) electrons. The van der Waals surface area contributed by atoms with E-state index in [0.29, 0.717) is 0 Å². The molecule has 0 aliphatic rings. The molecule has 0 bridgehead atoms. The van der Waals surface area contributed by atoms with Crippen molar-refractivity contribution in [3.05, 3.63) is 10.6 Å². The van der Waals surface area contributed by atoms with Gasteiger partial charge in [-0.1, -0.05) is 15.9 Å². The Bertz CT molecular complexity index is 184. The monoisotopic (exact) mass is 208 g/mol. The maximum absolute atomic E-state index is 10.1. The van der Waals surface area contributed by atoms with Gasteiger partial charge in [0.1, 0.15) is 0 Å². The van der Waals surface area contributed by atoms with Crippen molar-refractivity contribution in [3.8, 4) is 0 Å². The molecule has 0 fully saturated rings. The number of carboxylic acid groups (broad SMARTS) is 2. The summed E-state index contributed by atoms with van der Waals surface area (Å²) in [5.41, 5.74) is -0.174. The van der Waals surface area contributed by atoms with Crippen molar-refractivity contribution in [2.24, 2.45) is 0 Å². The number of rotatable bonds is 3. The van der Waals surface area contributed by atoms with E-state index in [9.17, 15) is 9.59 Å². The lowest BCUT2D eigenvalue weighted by Crippen LogP contribution is -2.05. The van der Waals surface area contributed by atoms with Gasteiger partial charge in [-0.2, -0.15) is 0 Å². The first-order chi connectivity index (χ1) is 4.57. The average Bonchev–Trinajstić information content (AvgIpc) is 1.81. The lowest BCUT2D eigenvalue weighted by atomic mass is 10.2. The maximum atomic E-state index is 10.1. The normalized spacial score (nSPS) is 11.1. The Hall–Kier alpha value is -0.840. The smallest absolute Gasteiger partial charge is 0.332 e. The molecule has 2 N–H and O–H groups in total. The van der Waals surface area contributed by atoms with Gasteiger partial charge in [0, 0.05) is 0 Å². The number of carbonyl (C=O) groups is 2. The van der Waals surface area contributed by atoms with E-state index in [1.165, 1.54) is 0 Å². The zero-order chi connectivity index (χ0) is 8.15. The molecular formula is C5H5BrO4. The van der Waals surface area contributed by atoms with E-state index >= 15 is 0 Å². The van der Waals surface area contributed by atoms with Crippen LogP contribution >= 0.6 is 15.9 Å². The van der Waals surface area contributed by atoms with Gasteiger partial charge in [0.15, 0.2) is 0 Å². The number of aliphatic carboxylic acids is 2. The average molecular weight is 209 g/mol. The van der Waals surface area contributed by atoms with Crippen LogP contribution in [0.1, 0.15) is 6.42 Å². The largest absolute Gasteiger partial charge is 0.481 e. The molecule has 0 saturated carbocycles. The molecule has 0 aromatic rings. The van der Waals surface area contributed by atoms with Gasteiger partial charge in [-0.15, -0.1) is 0 Å².